The largest absolute Gasteiger partial charge is 0.488 e. The van der Waals surface area contributed by atoms with Gasteiger partial charge in [-0.05, 0) is 38.1 Å². The highest BCUT2D eigenvalue weighted by molar-refractivity contribution is 7.18. The zero-order chi connectivity index (χ0) is 24.2. The van der Waals surface area contributed by atoms with Gasteiger partial charge < -0.3 is 15.0 Å². The average Bonchev–Trinajstić information content (AvgIpc) is 3.56. The van der Waals surface area contributed by atoms with Crippen LogP contribution in [0.4, 0.5) is 10.8 Å². The number of hydrogen-bond donors (Lipinski definition) is 2. The second-order valence-corrected chi connectivity index (χ2v) is 9.87. The van der Waals surface area contributed by atoms with Crippen molar-refractivity contribution < 1.29 is 14.3 Å². The number of likely N-dealkylation sites (N-methyl/N-ethyl adjacent to an activating group) is 1. The van der Waals surface area contributed by atoms with E-state index in [9.17, 15) is 9.59 Å². The lowest BCUT2D eigenvalue weighted by molar-refractivity contribution is -0.117. The van der Waals surface area contributed by atoms with Gasteiger partial charge in [0.25, 0.3) is 5.91 Å². The van der Waals surface area contributed by atoms with Crippen LogP contribution in [-0.2, 0) is 4.79 Å². The highest BCUT2D eigenvalue weighted by Crippen LogP contribution is 2.33. The first-order valence-corrected chi connectivity index (χ1v) is 12.6. The summed E-state index contributed by atoms with van der Waals surface area (Å²) in [6.45, 7) is 3.89. The molecule has 2 amide bonds. The molecule has 10 heteroatoms. The van der Waals surface area contributed by atoms with Crippen LogP contribution in [0.25, 0.3) is 10.6 Å². The lowest BCUT2D eigenvalue weighted by Gasteiger charge is -2.31. The van der Waals surface area contributed by atoms with Gasteiger partial charge in [0, 0.05) is 37.3 Å². The van der Waals surface area contributed by atoms with Crippen LogP contribution in [0.5, 0.6) is 5.75 Å². The molecule has 2 aromatic carbocycles. The maximum Gasteiger partial charge on any atom is 0.257 e. The number of ether oxygens (including phenoxy) is 1. The highest BCUT2D eigenvalue weighted by atomic mass is 32.1. The molecule has 0 bridgehead atoms. The van der Waals surface area contributed by atoms with Crippen LogP contribution in [0, 0.1) is 0 Å². The van der Waals surface area contributed by atoms with E-state index >= 15 is 0 Å². The van der Waals surface area contributed by atoms with Gasteiger partial charge in [0.2, 0.25) is 11.0 Å². The number of nitrogens with one attached hydrogen (secondary N) is 2. The monoisotopic (exact) mass is 492 g/mol. The number of carbonyl (C=O) groups excluding carboxylic acids is 2. The Morgan fingerprint density at radius 3 is 2.54 bits per heavy atom. The van der Waals surface area contributed by atoms with E-state index < -0.39 is 0 Å². The fraction of sp³-hybridized carbons (Fsp3) is 0.360. The lowest BCUT2D eigenvalue weighted by Crippen LogP contribution is -2.47. The number of hydrogen-bond acceptors (Lipinski definition) is 8. The highest BCUT2D eigenvalue weighted by Gasteiger charge is 2.26. The topological polar surface area (TPSA) is 99.7 Å². The molecule has 1 aromatic heterocycles. The Labute approximate surface area is 208 Å². The minimum absolute atomic E-state index is 0.121. The van der Waals surface area contributed by atoms with E-state index in [1.165, 1.54) is 11.3 Å². The third-order valence-corrected chi connectivity index (χ3v) is 6.85. The van der Waals surface area contributed by atoms with Crippen LogP contribution in [0.3, 0.4) is 0 Å². The molecule has 182 valence electrons. The van der Waals surface area contributed by atoms with Crippen molar-refractivity contribution in [2.75, 3.05) is 50.4 Å². The second-order valence-electron chi connectivity index (χ2n) is 8.89. The van der Waals surface area contributed by atoms with Gasteiger partial charge in [0.1, 0.15) is 10.8 Å². The Morgan fingerprint density at radius 2 is 1.80 bits per heavy atom. The third-order valence-electron chi connectivity index (χ3n) is 5.96. The van der Waals surface area contributed by atoms with Crippen molar-refractivity contribution in [3.05, 3.63) is 54.1 Å². The van der Waals surface area contributed by atoms with Gasteiger partial charge in [0.15, 0.2) is 0 Å². The van der Waals surface area contributed by atoms with Crippen LogP contribution < -0.4 is 15.4 Å². The Morgan fingerprint density at radius 1 is 1.03 bits per heavy atom. The van der Waals surface area contributed by atoms with Crippen molar-refractivity contribution in [1.29, 1.82) is 0 Å². The van der Waals surface area contributed by atoms with Gasteiger partial charge in [-0.1, -0.05) is 41.7 Å². The summed E-state index contributed by atoms with van der Waals surface area (Å²) in [7, 11) is 2.08. The van der Waals surface area contributed by atoms with Gasteiger partial charge in [-0.3, -0.25) is 19.8 Å². The number of rotatable bonds is 8. The van der Waals surface area contributed by atoms with Gasteiger partial charge in [0.05, 0.1) is 18.3 Å². The predicted octanol–water partition coefficient (Wildman–Crippen LogP) is 3.18. The summed E-state index contributed by atoms with van der Waals surface area (Å²) in [4.78, 5) is 30.1. The van der Waals surface area contributed by atoms with E-state index in [0.29, 0.717) is 28.7 Å². The van der Waals surface area contributed by atoms with Crippen molar-refractivity contribution in [2.24, 2.45) is 0 Å². The molecule has 1 saturated carbocycles. The summed E-state index contributed by atoms with van der Waals surface area (Å²) < 4.78 is 5.98. The van der Waals surface area contributed by atoms with Gasteiger partial charge in [-0.25, -0.2) is 0 Å². The molecule has 2 heterocycles. The second kappa shape index (κ2) is 10.5. The number of anilines is 2. The van der Waals surface area contributed by atoms with Gasteiger partial charge >= 0.3 is 0 Å². The van der Waals surface area contributed by atoms with Crippen molar-refractivity contribution >= 4 is 34.0 Å². The van der Waals surface area contributed by atoms with Crippen molar-refractivity contribution in [1.82, 2.24) is 20.0 Å². The molecule has 2 fully saturated rings. The molecule has 1 saturated heterocycles. The molecular formula is C25H28N6O3S. The maximum atomic E-state index is 13.0. The zero-order valence-corrected chi connectivity index (χ0v) is 20.4. The quantitative estimate of drug-likeness (QED) is 0.498. The van der Waals surface area contributed by atoms with Gasteiger partial charge in [-0.15, -0.1) is 10.2 Å². The number of nitrogens with zero attached hydrogens (tertiary/aromatic N) is 4. The van der Waals surface area contributed by atoms with E-state index in [-0.39, 0.29) is 17.9 Å². The summed E-state index contributed by atoms with van der Waals surface area (Å²) in [5.74, 6) is 0.135. The molecular weight excluding hydrogens is 464 g/mol. The fourth-order valence-corrected chi connectivity index (χ4v) is 4.52. The van der Waals surface area contributed by atoms with Crippen LogP contribution >= 0.6 is 11.3 Å². The first-order chi connectivity index (χ1) is 17.0. The summed E-state index contributed by atoms with van der Waals surface area (Å²) in [6, 6.07) is 14.8. The molecule has 0 atom stereocenters. The lowest BCUT2D eigenvalue weighted by atomic mass is 10.1. The number of piperazine rings is 1. The molecule has 2 aliphatic rings. The number of carbonyl (C=O) groups is 2. The Hall–Kier alpha value is -3.34. The molecule has 9 nitrogen and oxygen atoms in total. The molecule has 0 unspecified atom stereocenters. The molecule has 3 aromatic rings. The van der Waals surface area contributed by atoms with E-state index in [0.717, 1.165) is 49.6 Å². The molecule has 0 spiro atoms. The molecule has 5 rings (SSSR count). The molecule has 35 heavy (non-hydrogen) atoms. The first kappa shape index (κ1) is 23.4. The predicted molar refractivity (Wildman–Crippen MR) is 136 cm³/mol. The fourth-order valence-electron chi connectivity index (χ4n) is 3.78. The number of amides is 2. The smallest absolute Gasteiger partial charge is 0.257 e. The molecule has 2 N–H and O–H groups in total. The number of benzene rings is 2. The molecule has 1 aliphatic carbocycles. The van der Waals surface area contributed by atoms with Gasteiger partial charge in [-0.2, -0.15) is 0 Å². The van der Waals surface area contributed by atoms with Crippen molar-refractivity contribution in [3.63, 3.8) is 0 Å². The molecule has 1 aliphatic heterocycles. The van der Waals surface area contributed by atoms with Crippen LogP contribution in [0.15, 0.2) is 48.5 Å². The van der Waals surface area contributed by atoms with Crippen molar-refractivity contribution in [3.8, 4) is 16.3 Å². The standard InChI is InChI=1S/C25H28N6O3S/c1-30-11-13-31(14-12-30)16-22(32)26-20-15-18(7-10-21(20)34-19-8-9-19)23(33)27-25-29-28-24(35-25)17-5-3-2-4-6-17/h2-7,10,15,19H,8-9,11-14,16H2,1H3,(H,26,32)(H,27,29,33). The van der Waals surface area contributed by atoms with Crippen LogP contribution in [0.2, 0.25) is 0 Å². The maximum absolute atomic E-state index is 13.0. The van der Waals surface area contributed by atoms with Crippen LogP contribution in [-0.4, -0.2) is 77.7 Å². The number of aromatic nitrogens is 2. The van der Waals surface area contributed by atoms with E-state index in [1.54, 1.807) is 18.2 Å². The average molecular weight is 493 g/mol. The Bertz CT molecular complexity index is 1190. The Kier molecular flexibility index (Phi) is 7.03. The van der Waals surface area contributed by atoms with E-state index in [4.69, 9.17) is 4.74 Å². The van der Waals surface area contributed by atoms with Crippen LogP contribution in [0.1, 0.15) is 23.2 Å². The minimum atomic E-state index is -0.326. The third kappa shape index (κ3) is 6.21. The summed E-state index contributed by atoms with van der Waals surface area (Å²) in [6.07, 6.45) is 2.16. The summed E-state index contributed by atoms with van der Waals surface area (Å²) in [5, 5.41) is 15.2. The SMILES string of the molecule is CN1CCN(CC(=O)Nc2cc(C(=O)Nc3nnc(-c4ccccc4)s3)ccc2OC2CC2)CC1. The summed E-state index contributed by atoms with van der Waals surface area (Å²) in [5.41, 5.74) is 1.85. The summed E-state index contributed by atoms with van der Waals surface area (Å²) >= 11 is 1.31. The molecule has 0 radical (unpaired) electrons. The van der Waals surface area contributed by atoms with E-state index in [1.807, 2.05) is 30.3 Å². The Balaban J connectivity index is 1.27. The normalized spacial score (nSPS) is 16.6. The van der Waals surface area contributed by atoms with Crippen molar-refractivity contribution in [2.45, 2.75) is 18.9 Å². The minimum Gasteiger partial charge on any atom is -0.488 e. The zero-order valence-electron chi connectivity index (χ0n) is 19.6. The van der Waals surface area contributed by atoms with E-state index in [2.05, 4.69) is 37.7 Å². The first-order valence-electron chi connectivity index (χ1n) is 11.8.